The Kier molecular flexibility index (Phi) is 4.98. The average molecular weight is 264 g/mol. The zero-order chi connectivity index (χ0) is 13.7. The molecule has 0 aromatic heterocycles. The fourth-order valence-electron chi connectivity index (χ4n) is 3.33. The highest BCUT2D eigenvalue weighted by Gasteiger charge is 2.31. The van der Waals surface area contributed by atoms with E-state index in [9.17, 15) is 9.50 Å². The number of benzene rings is 1. The van der Waals surface area contributed by atoms with Crippen molar-refractivity contribution in [2.45, 2.75) is 63.9 Å². The van der Waals surface area contributed by atoms with E-state index in [1.165, 1.54) is 25.3 Å². The van der Waals surface area contributed by atoms with Crippen molar-refractivity contribution in [3.8, 4) is 0 Å². The molecule has 1 aromatic rings. The van der Waals surface area contributed by atoms with Gasteiger partial charge in [0.2, 0.25) is 0 Å². The lowest BCUT2D eigenvalue weighted by Gasteiger charge is -2.27. The van der Waals surface area contributed by atoms with Gasteiger partial charge in [-0.25, -0.2) is 4.39 Å². The molecule has 0 saturated heterocycles. The first-order chi connectivity index (χ1) is 9.13. The van der Waals surface area contributed by atoms with Crippen molar-refractivity contribution in [3.63, 3.8) is 0 Å². The van der Waals surface area contributed by atoms with Crippen LogP contribution in [0.5, 0.6) is 0 Å². The second-order valence-corrected chi connectivity index (χ2v) is 6.08. The molecule has 0 radical (unpaired) electrons. The number of aliphatic hydroxyl groups is 1. The summed E-state index contributed by atoms with van der Waals surface area (Å²) in [7, 11) is 0. The van der Waals surface area contributed by atoms with Crippen LogP contribution in [0.15, 0.2) is 24.3 Å². The van der Waals surface area contributed by atoms with E-state index in [2.05, 4.69) is 6.92 Å². The fraction of sp³-hybridized carbons (Fsp3) is 0.647. The topological polar surface area (TPSA) is 20.2 Å². The van der Waals surface area contributed by atoms with Gasteiger partial charge in [0.25, 0.3) is 0 Å². The fourth-order valence-corrected chi connectivity index (χ4v) is 3.33. The van der Waals surface area contributed by atoms with Crippen LogP contribution < -0.4 is 0 Å². The second kappa shape index (κ2) is 6.51. The Balaban J connectivity index is 2.01. The Morgan fingerprint density at radius 1 is 1.26 bits per heavy atom. The van der Waals surface area contributed by atoms with Gasteiger partial charge in [0.1, 0.15) is 5.82 Å². The summed E-state index contributed by atoms with van der Waals surface area (Å²) >= 11 is 0. The van der Waals surface area contributed by atoms with Crippen LogP contribution >= 0.6 is 0 Å². The molecule has 1 nitrogen and oxygen atoms in total. The van der Waals surface area contributed by atoms with E-state index in [0.29, 0.717) is 12.0 Å². The molecule has 106 valence electrons. The van der Waals surface area contributed by atoms with Crippen molar-refractivity contribution in [1.82, 2.24) is 0 Å². The van der Waals surface area contributed by atoms with Gasteiger partial charge < -0.3 is 5.11 Å². The predicted molar refractivity (Wildman–Crippen MR) is 76.5 cm³/mol. The first-order valence-electron chi connectivity index (χ1n) is 7.59. The highest BCUT2D eigenvalue weighted by molar-refractivity contribution is 5.19. The minimum absolute atomic E-state index is 0.190. The van der Waals surface area contributed by atoms with Crippen LogP contribution in [0.4, 0.5) is 4.39 Å². The van der Waals surface area contributed by atoms with Gasteiger partial charge in [0.05, 0.1) is 5.60 Å². The third-order valence-electron chi connectivity index (χ3n) is 4.45. The maximum absolute atomic E-state index is 13.7. The molecule has 19 heavy (non-hydrogen) atoms. The molecule has 1 N–H and O–H groups in total. The number of hydrogen-bond donors (Lipinski definition) is 1. The predicted octanol–water partition coefficient (Wildman–Crippen LogP) is 4.48. The van der Waals surface area contributed by atoms with E-state index >= 15 is 0 Å². The van der Waals surface area contributed by atoms with Crippen molar-refractivity contribution >= 4 is 0 Å². The summed E-state index contributed by atoms with van der Waals surface area (Å²) in [6, 6.07) is 6.82. The van der Waals surface area contributed by atoms with Gasteiger partial charge in [-0.3, -0.25) is 0 Å². The van der Waals surface area contributed by atoms with Crippen LogP contribution in [-0.2, 0) is 6.42 Å². The summed E-state index contributed by atoms with van der Waals surface area (Å²) in [5, 5.41) is 10.7. The van der Waals surface area contributed by atoms with Crippen molar-refractivity contribution in [2.75, 3.05) is 0 Å². The van der Waals surface area contributed by atoms with Gasteiger partial charge in [0.15, 0.2) is 0 Å². The zero-order valence-electron chi connectivity index (χ0n) is 11.9. The summed E-state index contributed by atoms with van der Waals surface area (Å²) in [6.45, 7) is 2.22. The third-order valence-corrected chi connectivity index (χ3v) is 4.45. The highest BCUT2D eigenvalue weighted by Crippen LogP contribution is 2.35. The number of hydrogen-bond acceptors (Lipinski definition) is 1. The standard InChI is InChI=1S/C17H25FO/c1-2-6-14-7-5-11-17(19,12-10-14)13-15-8-3-4-9-16(15)18/h3-4,8-9,14,19H,2,5-7,10-13H2,1H3. The largest absolute Gasteiger partial charge is 0.390 e. The number of halogens is 1. The molecule has 2 unspecified atom stereocenters. The van der Waals surface area contributed by atoms with Crippen molar-refractivity contribution in [2.24, 2.45) is 5.92 Å². The Labute approximate surface area is 115 Å². The molecule has 1 aromatic carbocycles. The van der Waals surface area contributed by atoms with Crippen molar-refractivity contribution < 1.29 is 9.50 Å². The molecule has 2 rings (SSSR count). The minimum atomic E-state index is -0.704. The molecular weight excluding hydrogens is 239 g/mol. The van der Waals surface area contributed by atoms with E-state index < -0.39 is 5.60 Å². The lowest BCUT2D eigenvalue weighted by molar-refractivity contribution is 0.0233. The molecule has 0 heterocycles. The van der Waals surface area contributed by atoms with E-state index in [1.54, 1.807) is 12.1 Å². The molecule has 2 atom stereocenters. The lowest BCUT2D eigenvalue weighted by Crippen LogP contribution is -2.31. The average Bonchev–Trinajstić information content (AvgIpc) is 2.56. The summed E-state index contributed by atoms with van der Waals surface area (Å²) in [5.74, 6) is 0.560. The van der Waals surface area contributed by atoms with Crippen molar-refractivity contribution in [1.29, 1.82) is 0 Å². The van der Waals surface area contributed by atoms with Crippen LogP contribution in [0.3, 0.4) is 0 Å². The summed E-state index contributed by atoms with van der Waals surface area (Å²) in [6.07, 6.45) is 7.92. The molecule has 1 aliphatic rings. The van der Waals surface area contributed by atoms with Gasteiger partial charge in [-0.2, -0.15) is 0 Å². The Morgan fingerprint density at radius 2 is 2.05 bits per heavy atom. The summed E-state index contributed by atoms with van der Waals surface area (Å²) < 4.78 is 13.7. The van der Waals surface area contributed by atoms with Crippen LogP contribution in [0.2, 0.25) is 0 Å². The zero-order valence-corrected chi connectivity index (χ0v) is 11.9. The van der Waals surface area contributed by atoms with E-state index in [-0.39, 0.29) is 5.82 Å². The monoisotopic (exact) mass is 264 g/mol. The molecule has 0 bridgehead atoms. The van der Waals surface area contributed by atoms with Crippen molar-refractivity contribution in [3.05, 3.63) is 35.6 Å². The van der Waals surface area contributed by atoms with Gasteiger partial charge in [-0.15, -0.1) is 0 Å². The second-order valence-electron chi connectivity index (χ2n) is 6.08. The molecule has 0 amide bonds. The summed E-state index contributed by atoms with van der Waals surface area (Å²) in [4.78, 5) is 0. The van der Waals surface area contributed by atoms with Gasteiger partial charge in [0, 0.05) is 6.42 Å². The molecule has 0 aliphatic heterocycles. The third kappa shape index (κ3) is 4.04. The van der Waals surface area contributed by atoms with Gasteiger partial charge in [-0.1, -0.05) is 50.8 Å². The van der Waals surface area contributed by atoms with E-state index in [0.717, 1.165) is 31.6 Å². The lowest BCUT2D eigenvalue weighted by atomic mass is 9.86. The molecule has 0 spiro atoms. The minimum Gasteiger partial charge on any atom is -0.390 e. The Bertz CT molecular complexity index is 404. The molecule has 1 fully saturated rings. The van der Waals surface area contributed by atoms with Gasteiger partial charge >= 0.3 is 0 Å². The normalized spacial score (nSPS) is 28.1. The Morgan fingerprint density at radius 3 is 2.79 bits per heavy atom. The van der Waals surface area contributed by atoms with Crippen LogP contribution in [-0.4, -0.2) is 10.7 Å². The molecular formula is C17H25FO. The van der Waals surface area contributed by atoms with Gasteiger partial charge in [-0.05, 0) is 36.8 Å². The van der Waals surface area contributed by atoms with Crippen LogP contribution in [0, 0.1) is 11.7 Å². The number of rotatable bonds is 4. The van der Waals surface area contributed by atoms with Crippen LogP contribution in [0.1, 0.15) is 57.4 Å². The smallest absolute Gasteiger partial charge is 0.126 e. The highest BCUT2D eigenvalue weighted by atomic mass is 19.1. The molecule has 2 heteroatoms. The SMILES string of the molecule is CCCC1CCCC(O)(Cc2ccccc2F)CC1. The first kappa shape index (κ1) is 14.5. The first-order valence-corrected chi connectivity index (χ1v) is 7.59. The summed E-state index contributed by atoms with van der Waals surface area (Å²) in [5.41, 5.74) is -0.0519. The maximum atomic E-state index is 13.7. The van der Waals surface area contributed by atoms with E-state index in [4.69, 9.17) is 0 Å². The quantitative estimate of drug-likeness (QED) is 0.795. The molecule has 1 saturated carbocycles. The van der Waals surface area contributed by atoms with E-state index in [1.807, 2.05) is 6.07 Å². The maximum Gasteiger partial charge on any atom is 0.126 e. The Hall–Kier alpha value is -0.890. The molecule has 1 aliphatic carbocycles. The van der Waals surface area contributed by atoms with Crippen LogP contribution in [0.25, 0.3) is 0 Å².